The number of likely N-dealkylation sites (N-methyl/N-ethyl adjacent to an activating group) is 1. The number of imide groups is 1. The Morgan fingerprint density at radius 2 is 1.66 bits per heavy atom. The van der Waals surface area contributed by atoms with Gasteiger partial charge in [-0.3, -0.25) is 38.5 Å². The molecule has 6 amide bonds. The number of methoxy groups -OCH3 is 2. The molecule has 64 heavy (non-hydrogen) atoms. The molecule has 1 aromatic heterocycles. The highest BCUT2D eigenvalue weighted by Gasteiger charge is 2.43. The van der Waals surface area contributed by atoms with E-state index >= 15 is 0 Å². The first kappa shape index (κ1) is 50.4. The number of carbonyl (C=O) groups excluding carboxylic acids is 6. The van der Waals surface area contributed by atoms with Gasteiger partial charge < -0.3 is 34.9 Å². The summed E-state index contributed by atoms with van der Waals surface area (Å²) >= 11 is 0. The summed E-state index contributed by atoms with van der Waals surface area (Å²) in [6, 6.07) is 5.78. The zero-order valence-corrected chi connectivity index (χ0v) is 39.1. The Bertz CT molecular complexity index is 1900. The van der Waals surface area contributed by atoms with Crippen molar-refractivity contribution in [1.29, 1.82) is 0 Å². The number of likely N-dealkylation sites (tertiary alicyclic amines) is 1. The van der Waals surface area contributed by atoms with Crippen LogP contribution < -0.4 is 10.6 Å². The van der Waals surface area contributed by atoms with Crippen molar-refractivity contribution < 1.29 is 43.1 Å². The average Bonchev–Trinajstić information content (AvgIpc) is 4.05. The van der Waals surface area contributed by atoms with Crippen LogP contribution in [0.4, 0.5) is 0 Å². The fraction of sp³-hybridized carbons (Fsp3) is 0.667. The first-order valence-electron chi connectivity index (χ1n) is 23.5. The number of amides is 6. The van der Waals surface area contributed by atoms with E-state index in [-0.39, 0.29) is 66.3 Å². The van der Waals surface area contributed by atoms with Crippen LogP contribution in [0.3, 0.4) is 0 Å². The third-order valence-electron chi connectivity index (χ3n) is 13.5. The summed E-state index contributed by atoms with van der Waals surface area (Å²) in [6.07, 6.45) is 11.3. The van der Waals surface area contributed by atoms with Crippen LogP contribution in [0.15, 0.2) is 42.6 Å². The molecule has 0 radical (unpaired) electrons. The Hall–Kier alpha value is -4.64. The van der Waals surface area contributed by atoms with Gasteiger partial charge in [-0.1, -0.05) is 65.2 Å². The quantitative estimate of drug-likeness (QED) is 0.0947. The molecule has 3 N–H and O–H groups in total. The van der Waals surface area contributed by atoms with Crippen molar-refractivity contribution in [1.82, 2.24) is 35.4 Å². The van der Waals surface area contributed by atoms with Crippen molar-refractivity contribution in [2.24, 2.45) is 11.8 Å². The number of ether oxygens (including phenoxy) is 2. The molecule has 2 fully saturated rings. The number of nitrogens with zero attached hydrogens (tertiary/aromatic N) is 4. The monoisotopic (exact) mass is 892 g/mol. The molecule has 0 unspecified atom stereocenters. The molecule has 8 atom stereocenters. The average molecular weight is 892 g/mol. The lowest BCUT2D eigenvalue weighted by Crippen LogP contribution is -2.56. The Morgan fingerprint density at radius 3 is 2.33 bits per heavy atom. The molecule has 1 aromatic carbocycles. The first-order chi connectivity index (χ1) is 30.8. The van der Waals surface area contributed by atoms with E-state index in [1.54, 1.807) is 33.1 Å². The number of rotatable bonds is 25. The fourth-order valence-electron chi connectivity index (χ4n) is 9.60. The maximum atomic E-state index is 14.4. The van der Waals surface area contributed by atoms with Gasteiger partial charge in [0.05, 0.1) is 49.3 Å². The largest absolute Gasteiger partial charge is 0.379 e. The first-order valence-corrected chi connectivity index (χ1v) is 23.5. The SMILES string of the molecule is CC[C@H](NCCCCCCN1C(=O)C=CC1=O)C(=O)N(C)[C@@H]([C@@H](C)CC)[C@@H](CC(=O)N1CCC[C@H]1[C@H](OC)[C@@H](C)C(=O)N[C@@H](Cc1c[nH]c2ccccc12)C(=O)N1CCCCO1)OC. The predicted molar refractivity (Wildman–Crippen MR) is 243 cm³/mol. The van der Waals surface area contributed by atoms with E-state index in [1.807, 2.05) is 42.3 Å². The Kier molecular flexibility index (Phi) is 19.4. The van der Waals surface area contributed by atoms with Crippen molar-refractivity contribution in [3.05, 3.63) is 48.2 Å². The van der Waals surface area contributed by atoms with Crippen LogP contribution in [0.25, 0.3) is 10.9 Å². The second kappa shape index (κ2) is 24.6. The molecule has 3 aliphatic heterocycles. The summed E-state index contributed by atoms with van der Waals surface area (Å²) in [5.74, 6) is -2.05. The normalized spacial score (nSPS) is 20.0. The number of para-hydroxylation sites is 1. The van der Waals surface area contributed by atoms with E-state index in [1.165, 1.54) is 22.1 Å². The summed E-state index contributed by atoms with van der Waals surface area (Å²) in [7, 11) is 4.94. The predicted octanol–water partition coefficient (Wildman–Crippen LogP) is 4.52. The minimum absolute atomic E-state index is 0.0221. The van der Waals surface area contributed by atoms with Crippen molar-refractivity contribution in [3.63, 3.8) is 0 Å². The van der Waals surface area contributed by atoms with Crippen LogP contribution >= 0.6 is 0 Å². The van der Waals surface area contributed by atoms with E-state index in [0.29, 0.717) is 45.6 Å². The van der Waals surface area contributed by atoms with Crippen molar-refractivity contribution in [3.8, 4) is 0 Å². The van der Waals surface area contributed by atoms with Gasteiger partial charge in [0.25, 0.3) is 17.7 Å². The van der Waals surface area contributed by atoms with Crippen molar-refractivity contribution in [2.45, 2.75) is 141 Å². The summed E-state index contributed by atoms with van der Waals surface area (Å²) < 4.78 is 12.1. The zero-order chi connectivity index (χ0) is 46.3. The minimum atomic E-state index is -0.885. The molecule has 354 valence electrons. The second-order valence-corrected chi connectivity index (χ2v) is 17.7. The van der Waals surface area contributed by atoms with Gasteiger partial charge in [0.2, 0.25) is 17.7 Å². The molecule has 2 saturated heterocycles. The number of fused-ring (bicyclic) bond motifs is 1. The Labute approximate surface area is 379 Å². The van der Waals surface area contributed by atoms with Crippen LogP contribution in [-0.2, 0) is 49.5 Å². The lowest BCUT2D eigenvalue weighted by molar-refractivity contribution is -0.199. The number of hydroxylamine groups is 2. The third-order valence-corrected chi connectivity index (χ3v) is 13.5. The zero-order valence-electron chi connectivity index (χ0n) is 39.1. The van der Waals surface area contributed by atoms with Gasteiger partial charge in [-0.2, -0.15) is 0 Å². The van der Waals surface area contributed by atoms with Gasteiger partial charge in [0, 0.05) is 76.6 Å². The highest BCUT2D eigenvalue weighted by atomic mass is 16.7. The molecule has 5 rings (SSSR count). The molecule has 4 heterocycles. The molecule has 0 aliphatic carbocycles. The Morgan fingerprint density at radius 1 is 0.922 bits per heavy atom. The van der Waals surface area contributed by atoms with E-state index in [2.05, 4.69) is 29.5 Å². The van der Waals surface area contributed by atoms with E-state index in [4.69, 9.17) is 14.3 Å². The molecule has 0 saturated carbocycles. The summed E-state index contributed by atoms with van der Waals surface area (Å²) in [5, 5.41) is 8.84. The number of aromatic nitrogens is 1. The van der Waals surface area contributed by atoms with E-state index < -0.39 is 30.2 Å². The van der Waals surface area contributed by atoms with Gasteiger partial charge in [-0.15, -0.1) is 0 Å². The molecule has 3 aliphatic rings. The van der Waals surface area contributed by atoms with Gasteiger partial charge in [-0.05, 0) is 69.0 Å². The van der Waals surface area contributed by atoms with E-state index in [0.717, 1.165) is 67.8 Å². The molecular weight excluding hydrogens is 819 g/mol. The topological polar surface area (TPSA) is 183 Å². The lowest BCUT2D eigenvalue weighted by Gasteiger charge is -2.40. The minimum Gasteiger partial charge on any atom is -0.379 e. The van der Waals surface area contributed by atoms with Gasteiger partial charge in [0.15, 0.2) is 0 Å². The van der Waals surface area contributed by atoms with Gasteiger partial charge in [-0.25, -0.2) is 5.06 Å². The summed E-state index contributed by atoms with van der Waals surface area (Å²) in [4.78, 5) is 94.1. The van der Waals surface area contributed by atoms with Crippen LogP contribution in [0.5, 0.6) is 0 Å². The number of hydrogen-bond donors (Lipinski definition) is 3. The molecule has 16 nitrogen and oxygen atoms in total. The summed E-state index contributed by atoms with van der Waals surface area (Å²) in [6.45, 7) is 10.3. The lowest BCUT2D eigenvalue weighted by atomic mass is 9.90. The number of benzene rings is 1. The van der Waals surface area contributed by atoms with Crippen molar-refractivity contribution >= 4 is 46.3 Å². The number of hydrogen-bond acceptors (Lipinski definition) is 10. The van der Waals surface area contributed by atoms with E-state index in [9.17, 15) is 28.8 Å². The molecule has 0 bridgehead atoms. The molecule has 16 heteroatoms. The highest BCUT2D eigenvalue weighted by molar-refractivity contribution is 6.12. The number of carbonyl (C=O) groups is 6. The van der Waals surface area contributed by atoms with Crippen LogP contribution in [0.2, 0.25) is 0 Å². The number of nitrogens with one attached hydrogen (secondary N) is 3. The van der Waals surface area contributed by atoms with Crippen LogP contribution in [-0.4, -0.2) is 151 Å². The van der Waals surface area contributed by atoms with Gasteiger partial charge in [0.1, 0.15) is 6.04 Å². The molecular formula is C48H73N7O9. The Balaban J connectivity index is 1.20. The number of aromatic amines is 1. The van der Waals surface area contributed by atoms with Gasteiger partial charge >= 0.3 is 0 Å². The standard InChI is InChI=1S/C48H73N7O9/c1-8-32(3)44(52(5)47(60)36(9-2)49-24-14-10-11-15-25-54-41(56)22-23-42(54)57)40(62-6)30-43(58)53-26-18-21-39(53)45(63-7)33(4)46(59)51-38(48(61)55-27-16-17-28-64-55)29-34-31-50-37-20-13-12-19-35(34)37/h12-13,19-20,22-23,31-33,36,38-40,44-45,49-50H,8-11,14-18,21,24-30H2,1-7H3,(H,51,59)/t32-,33+,36-,38-,39-,40+,44-,45+/m0/s1. The maximum Gasteiger partial charge on any atom is 0.269 e. The smallest absolute Gasteiger partial charge is 0.269 e. The second-order valence-electron chi connectivity index (χ2n) is 17.7. The van der Waals surface area contributed by atoms with Crippen LogP contribution in [0, 0.1) is 11.8 Å². The molecule has 0 spiro atoms. The highest BCUT2D eigenvalue weighted by Crippen LogP contribution is 2.30. The third kappa shape index (κ3) is 12.6. The fourth-order valence-corrected chi connectivity index (χ4v) is 9.60. The number of unbranched alkanes of at least 4 members (excludes halogenated alkanes) is 3. The maximum absolute atomic E-state index is 14.4. The molecule has 2 aromatic rings. The summed E-state index contributed by atoms with van der Waals surface area (Å²) in [5.41, 5.74) is 1.85. The van der Waals surface area contributed by atoms with Crippen molar-refractivity contribution in [2.75, 3.05) is 54.1 Å². The number of H-pyrrole nitrogens is 1. The van der Waals surface area contributed by atoms with Crippen LogP contribution in [0.1, 0.15) is 104 Å².